The summed E-state index contributed by atoms with van der Waals surface area (Å²) in [6, 6.07) is 3.37. The number of aromatic carboxylic acids is 1. The summed E-state index contributed by atoms with van der Waals surface area (Å²) < 4.78 is 26.7. The van der Waals surface area contributed by atoms with Crippen molar-refractivity contribution in [1.82, 2.24) is 14.3 Å². The highest BCUT2D eigenvalue weighted by atomic mass is 32.2. The minimum atomic E-state index is -3.86. The maximum atomic E-state index is 12.7. The number of carbonyl (C=O) groups is 1. The third-order valence-corrected chi connectivity index (χ3v) is 6.72. The first-order valence-corrected chi connectivity index (χ1v) is 8.65. The van der Waals surface area contributed by atoms with Gasteiger partial charge in [0.2, 0.25) is 0 Å². The molecule has 2 aromatic heterocycles. The summed E-state index contributed by atoms with van der Waals surface area (Å²) in [7, 11) is -3.86. The number of nitrogens with zero attached hydrogens (tertiary/aromatic N) is 2. The molecule has 7 nitrogen and oxygen atoms in total. The van der Waals surface area contributed by atoms with Crippen LogP contribution in [0.15, 0.2) is 28.0 Å². The van der Waals surface area contributed by atoms with Crippen LogP contribution in [0.1, 0.15) is 35.1 Å². The molecule has 3 rings (SSSR count). The number of aromatic amines is 1. The van der Waals surface area contributed by atoms with Gasteiger partial charge in [-0.05, 0) is 25.0 Å². The SMILES string of the molecule is O=C(O)c1ncsc1S(=O)(=O)N1CCCC1c1ccc[nH]1. The molecular formula is C12H13N3O4S2. The monoisotopic (exact) mass is 327 g/mol. The summed E-state index contributed by atoms with van der Waals surface area (Å²) in [5.41, 5.74) is 1.66. The molecular weight excluding hydrogens is 314 g/mol. The second-order valence-electron chi connectivity index (χ2n) is 4.69. The van der Waals surface area contributed by atoms with Gasteiger partial charge in [-0.1, -0.05) is 0 Å². The van der Waals surface area contributed by atoms with Gasteiger partial charge < -0.3 is 10.1 Å². The molecule has 1 unspecified atom stereocenters. The predicted octanol–water partition coefficient (Wildman–Crippen LogP) is 1.70. The smallest absolute Gasteiger partial charge is 0.356 e. The zero-order valence-electron chi connectivity index (χ0n) is 10.9. The lowest BCUT2D eigenvalue weighted by Gasteiger charge is -2.22. The van der Waals surface area contributed by atoms with E-state index in [4.69, 9.17) is 5.11 Å². The van der Waals surface area contributed by atoms with Gasteiger partial charge in [-0.15, -0.1) is 11.3 Å². The van der Waals surface area contributed by atoms with Gasteiger partial charge in [0.05, 0.1) is 11.6 Å². The van der Waals surface area contributed by atoms with E-state index in [0.29, 0.717) is 13.0 Å². The molecule has 0 saturated carbocycles. The number of rotatable bonds is 4. The van der Waals surface area contributed by atoms with Gasteiger partial charge in [0.1, 0.15) is 0 Å². The van der Waals surface area contributed by atoms with Crippen LogP contribution in [0.2, 0.25) is 0 Å². The number of carboxylic acid groups (broad SMARTS) is 1. The normalized spacial score (nSPS) is 19.9. The van der Waals surface area contributed by atoms with Crippen LogP contribution in [0.5, 0.6) is 0 Å². The van der Waals surface area contributed by atoms with Crippen molar-refractivity contribution in [2.45, 2.75) is 23.1 Å². The number of H-pyrrole nitrogens is 1. The van der Waals surface area contributed by atoms with Gasteiger partial charge in [0.25, 0.3) is 10.0 Å². The van der Waals surface area contributed by atoms with E-state index in [9.17, 15) is 13.2 Å². The first-order chi connectivity index (χ1) is 10.0. The number of hydrogen-bond acceptors (Lipinski definition) is 5. The molecule has 0 bridgehead atoms. The van der Waals surface area contributed by atoms with Crippen molar-refractivity contribution in [3.63, 3.8) is 0 Å². The van der Waals surface area contributed by atoms with E-state index in [1.165, 1.54) is 9.82 Å². The summed E-state index contributed by atoms with van der Waals surface area (Å²) in [6.07, 6.45) is 3.19. The zero-order valence-corrected chi connectivity index (χ0v) is 12.5. The number of aromatic nitrogens is 2. The molecule has 21 heavy (non-hydrogen) atoms. The van der Waals surface area contributed by atoms with Crippen LogP contribution in [0, 0.1) is 0 Å². The Morgan fingerprint density at radius 2 is 2.33 bits per heavy atom. The van der Waals surface area contributed by atoms with Crippen LogP contribution in [0.25, 0.3) is 0 Å². The van der Waals surface area contributed by atoms with Gasteiger partial charge in [-0.3, -0.25) is 0 Å². The fraction of sp³-hybridized carbons (Fsp3) is 0.333. The molecule has 0 spiro atoms. The van der Waals surface area contributed by atoms with E-state index in [0.717, 1.165) is 23.5 Å². The first kappa shape index (κ1) is 14.2. The molecule has 3 heterocycles. The van der Waals surface area contributed by atoms with E-state index < -0.39 is 21.7 Å². The van der Waals surface area contributed by atoms with E-state index >= 15 is 0 Å². The maximum Gasteiger partial charge on any atom is 0.356 e. The second kappa shape index (κ2) is 5.24. The molecule has 1 aliphatic rings. The average molecular weight is 327 g/mol. The van der Waals surface area contributed by atoms with Crippen molar-refractivity contribution in [2.75, 3.05) is 6.54 Å². The molecule has 2 N–H and O–H groups in total. The molecule has 9 heteroatoms. The van der Waals surface area contributed by atoms with Crippen molar-refractivity contribution in [3.05, 3.63) is 35.2 Å². The van der Waals surface area contributed by atoms with E-state index in [-0.39, 0.29) is 10.3 Å². The summed E-state index contributed by atoms with van der Waals surface area (Å²) in [5.74, 6) is -1.33. The molecule has 0 radical (unpaired) electrons. The Morgan fingerprint density at radius 3 is 3.00 bits per heavy atom. The minimum Gasteiger partial charge on any atom is -0.476 e. The predicted molar refractivity (Wildman–Crippen MR) is 75.7 cm³/mol. The van der Waals surface area contributed by atoms with Crippen LogP contribution in [0.4, 0.5) is 0 Å². The highest BCUT2D eigenvalue weighted by Gasteiger charge is 2.39. The van der Waals surface area contributed by atoms with Crippen molar-refractivity contribution in [2.24, 2.45) is 0 Å². The molecule has 0 aliphatic carbocycles. The minimum absolute atomic E-state index is 0.201. The van der Waals surface area contributed by atoms with E-state index in [1.54, 1.807) is 6.20 Å². The lowest BCUT2D eigenvalue weighted by atomic mass is 10.2. The van der Waals surface area contributed by atoms with Crippen LogP contribution in [-0.2, 0) is 10.0 Å². The van der Waals surface area contributed by atoms with Gasteiger partial charge in [0, 0.05) is 18.4 Å². The molecule has 1 fully saturated rings. The number of hydrogen-bond donors (Lipinski definition) is 2. The lowest BCUT2D eigenvalue weighted by Crippen LogP contribution is -2.31. The Balaban J connectivity index is 2.01. The second-order valence-corrected chi connectivity index (χ2v) is 7.63. The Hall–Kier alpha value is -1.71. The maximum absolute atomic E-state index is 12.7. The Bertz CT molecular complexity index is 751. The van der Waals surface area contributed by atoms with Gasteiger partial charge >= 0.3 is 5.97 Å². The van der Waals surface area contributed by atoms with Crippen LogP contribution < -0.4 is 0 Å². The highest BCUT2D eigenvalue weighted by molar-refractivity contribution is 7.91. The molecule has 1 saturated heterocycles. The van der Waals surface area contributed by atoms with Gasteiger partial charge in [-0.25, -0.2) is 18.2 Å². The quantitative estimate of drug-likeness (QED) is 0.889. The van der Waals surface area contributed by atoms with Gasteiger partial charge in [-0.2, -0.15) is 4.31 Å². The van der Waals surface area contributed by atoms with Crippen molar-refractivity contribution in [3.8, 4) is 0 Å². The molecule has 0 amide bonds. The van der Waals surface area contributed by atoms with E-state index in [1.807, 2.05) is 12.1 Å². The fourth-order valence-corrected chi connectivity index (χ4v) is 5.49. The summed E-state index contributed by atoms with van der Waals surface area (Å²) in [6.45, 7) is 0.378. The average Bonchev–Trinajstić information content (AvgIpc) is 3.18. The molecule has 1 atom stereocenters. The molecule has 1 aliphatic heterocycles. The zero-order chi connectivity index (χ0) is 15.0. The Morgan fingerprint density at radius 1 is 1.52 bits per heavy atom. The number of carboxylic acids is 1. The first-order valence-electron chi connectivity index (χ1n) is 6.33. The number of sulfonamides is 1. The summed E-state index contributed by atoms with van der Waals surface area (Å²) >= 11 is 0.839. The standard InChI is InChI=1S/C12H13N3O4S2/c16-11(17)10-12(20-7-14-10)21(18,19)15-6-2-4-9(15)8-3-1-5-13-8/h1,3,5,7,9,13H,2,4,6H2,(H,16,17). The Kier molecular flexibility index (Phi) is 3.56. The summed E-state index contributed by atoms with van der Waals surface area (Å²) in [5, 5.41) is 9.07. The largest absolute Gasteiger partial charge is 0.476 e. The van der Waals surface area contributed by atoms with Crippen molar-refractivity contribution in [1.29, 1.82) is 0 Å². The van der Waals surface area contributed by atoms with Gasteiger partial charge in [0.15, 0.2) is 9.90 Å². The summed E-state index contributed by atoms with van der Waals surface area (Å²) in [4.78, 5) is 17.8. The Labute approximate surface area is 125 Å². The van der Waals surface area contributed by atoms with Crippen LogP contribution in [-0.4, -0.2) is 40.3 Å². The van der Waals surface area contributed by atoms with E-state index in [2.05, 4.69) is 9.97 Å². The molecule has 112 valence electrons. The number of nitrogens with one attached hydrogen (secondary N) is 1. The molecule has 2 aromatic rings. The topological polar surface area (TPSA) is 103 Å². The lowest BCUT2D eigenvalue weighted by molar-refractivity contribution is 0.0687. The third-order valence-electron chi connectivity index (χ3n) is 3.47. The fourth-order valence-electron chi connectivity index (χ4n) is 2.56. The molecule has 0 aromatic carbocycles. The van der Waals surface area contributed by atoms with Crippen LogP contribution >= 0.6 is 11.3 Å². The van der Waals surface area contributed by atoms with Crippen molar-refractivity contribution < 1.29 is 18.3 Å². The number of thiazole rings is 1. The van der Waals surface area contributed by atoms with Crippen molar-refractivity contribution >= 4 is 27.3 Å². The third kappa shape index (κ3) is 2.37. The van der Waals surface area contributed by atoms with Crippen LogP contribution in [0.3, 0.4) is 0 Å². The highest BCUT2D eigenvalue weighted by Crippen LogP contribution is 2.37.